The van der Waals surface area contributed by atoms with Gasteiger partial charge in [0.25, 0.3) is 0 Å². The summed E-state index contributed by atoms with van der Waals surface area (Å²) in [5, 5.41) is 6.05. The van der Waals surface area contributed by atoms with Crippen molar-refractivity contribution in [3.8, 4) is 5.75 Å². The maximum atomic E-state index is 13.6. The van der Waals surface area contributed by atoms with Crippen molar-refractivity contribution in [1.82, 2.24) is 15.4 Å². The van der Waals surface area contributed by atoms with Gasteiger partial charge in [-0.15, -0.1) is 0 Å². The first kappa shape index (κ1) is 20.2. The highest BCUT2D eigenvalue weighted by Crippen LogP contribution is 2.17. The van der Waals surface area contributed by atoms with E-state index in [0.29, 0.717) is 25.5 Å². The molecule has 7 nitrogen and oxygen atoms in total. The van der Waals surface area contributed by atoms with E-state index in [1.54, 1.807) is 25.2 Å². The standard InChI is InChI=1S/C15H25FN4O3S/c1-4-12(23-14-8-6-5-7-13(14)16)11-19-15(17-2)18-9-10-20-24(3,21)22/h5-8,12,20H,4,9-11H2,1-3H3,(H2,17,18,19). The van der Waals surface area contributed by atoms with E-state index in [1.165, 1.54) is 6.07 Å². The number of hydrogen-bond acceptors (Lipinski definition) is 4. The molecule has 24 heavy (non-hydrogen) atoms. The second-order valence-corrected chi connectivity index (χ2v) is 6.96. The zero-order valence-electron chi connectivity index (χ0n) is 14.2. The van der Waals surface area contributed by atoms with Crippen LogP contribution >= 0.6 is 0 Å². The van der Waals surface area contributed by atoms with Crippen molar-refractivity contribution in [2.24, 2.45) is 4.99 Å². The number of halogens is 1. The average Bonchev–Trinajstić information content (AvgIpc) is 2.53. The smallest absolute Gasteiger partial charge is 0.208 e. The number of hydrogen-bond donors (Lipinski definition) is 3. The van der Waals surface area contributed by atoms with Gasteiger partial charge in [0.05, 0.1) is 12.8 Å². The number of nitrogens with zero attached hydrogens (tertiary/aromatic N) is 1. The first-order valence-corrected chi connectivity index (χ1v) is 9.55. The van der Waals surface area contributed by atoms with Gasteiger partial charge in [-0.1, -0.05) is 19.1 Å². The van der Waals surface area contributed by atoms with Crippen LogP contribution in [0.15, 0.2) is 29.3 Å². The molecule has 1 rings (SSSR count). The fourth-order valence-corrected chi connectivity index (χ4v) is 2.31. The van der Waals surface area contributed by atoms with E-state index in [4.69, 9.17) is 4.74 Å². The largest absolute Gasteiger partial charge is 0.486 e. The molecule has 0 saturated heterocycles. The number of rotatable bonds is 9. The van der Waals surface area contributed by atoms with Gasteiger partial charge >= 0.3 is 0 Å². The molecular weight excluding hydrogens is 335 g/mol. The van der Waals surface area contributed by atoms with Crippen LogP contribution in [0.4, 0.5) is 4.39 Å². The Labute approximate surface area is 142 Å². The van der Waals surface area contributed by atoms with E-state index < -0.39 is 15.8 Å². The fraction of sp³-hybridized carbons (Fsp3) is 0.533. The Balaban J connectivity index is 2.41. The Kier molecular flexibility index (Phi) is 8.48. The summed E-state index contributed by atoms with van der Waals surface area (Å²) in [4.78, 5) is 4.04. The van der Waals surface area contributed by atoms with E-state index in [0.717, 1.165) is 6.26 Å². The summed E-state index contributed by atoms with van der Waals surface area (Å²) < 4.78 is 43.6. The van der Waals surface area contributed by atoms with E-state index in [-0.39, 0.29) is 18.4 Å². The van der Waals surface area contributed by atoms with E-state index in [2.05, 4.69) is 20.3 Å². The molecule has 0 amide bonds. The van der Waals surface area contributed by atoms with Gasteiger partial charge in [-0.3, -0.25) is 4.99 Å². The first-order valence-electron chi connectivity index (χ1n) is 7.66. The molecular formula is C15H25FN4O3S. The number of guanidine groups is 1. The normalized spacial score (nSPS) is 13.4. The topological polar surface area (TPSA) is 91.8 Å². The molecule has 1 aromatic rings. The predicted octanol–water partition coefficient (Wildman–Crippen LogP) is 0.697. The third-order valence-electron chi connectivity index (χ3n) is 3.09. The Hall–Kier alpha value is -1.87. The molecule has 0 aliphatic carbocycles. The molecule has 1 atom stereocenters. The molecule has 0 aliphatic heterocycles. The number of benzene rings is 1. The monoisotopic (exact) mass is 360 g/mol. The molecule has 3 N–H and O–H groups in total. The minimum atomic E-state index is -3.20. The lowest BCUT2D eigenvalue weighted by molar-refractivity contribution is 0.191. The van der Waals surface area contributed by atoms with E-state index in [9.17, 15) is 12.8 Å². The SMILES string of the molecule is CCC(CNC(=NC)NCCNS(C)(=O)=O)Oc1ccccc1F. The van der Waals surface area contributed by atoms with Gasteiger partial charge in [0.2, 0.25) is 10.0 Å². The number of para-hydroxylation sites is 1. The number of nitrogens with one attached hydrogen (secondary N) is 3. The third-order valence-corrected chi connectivity index (χ3v) is 3.82. The molecule has 136 valence electrons. The Morgan fingerprint density at radius 3 is 2.58 bits per heavy atom. The van der Waals surface area contributed by atoms with Crippen LogP contribution in [0.25, 0.3) is 0 Å². The van der Waals surface area contributed by atoms with Gasteiger partial charge in [-0.25, -0.2) is 17.5 Å². The highest BCUT2D eigenvalue weighted by molar-refractivity contribution is 7.88. The second kappa shape index (κ2) is 10.1. The molecule has 0 saturated carbocycles. The lowest BCUT2D eigenvalue weighted by Gasteiger charge is -2.20. The Morgan fingerprint density at radius 2 is 2.00 bits per heavy atom. The zero-order chi connectivity index (χ0) is 18.0. The maximum absolute atomic E-state index is 13.6. The van der Waals surface area contributed by atoms with Crippen LogP contribution in [-0.4, -0.2) is 53.4 Å². The van der Waals surface area contributed by atoms with E-state index in [1.807, 2.05) is 6.92 Å². The minimum Gasteiger partial charge on any atom is -0.486 e. The number of sulfonamides is 1. The van der Waals surface area contributed by atoms with E-state index >= 15 is 0 Å². The fourth-order valence-electron chi connectivity index (χ4n) is 1.84. The van der Waals surface area contributed by atoms with Crippen LogP contribution in [0.5, 0.6) is 5.75 Å². The number of ether oxygens (including phenoxy) is 1. The molecule has 1 unspecified atom stereocenters. The van der Waals surface area contributed by atoms with Gasteiger partial charge in [0.1, 0.15) is 6.10 Å². The summed E-state index contributed by atoms with van der Waals surface area (Å²) in [6, 6.07) is 6.26. The lowest BCUT2D eigenvalue weighted by Crippen LogP contribution is -2.44. The first-order chi connectivity index (χ1) is 11.4. The van der Waals surface area contributed by atoms with Crippen molar-refractivity contribution < 1.29 is 17.5 Å². The molecule has 0 heterocycles. The summed E-state index contributed by atoms with van der Waals surface area (Å²) in [6.07, 6.45) is 1.56. The van der Waals surface area contributed by atoms with Crippen molar-refractivity contribution in [2.75, 3.05) is 32.9 Å². The van der Waals surface area contributed by atoms with Gasteiger partial charge in [0.15, 0.2) is 17.5 Å². The van der Waals surface area contributed by atoms with Crippen LogP contribution < -0.4 is 20.1 Å². The molecule has 0 spiro atoms. The van der Waals surface area contributed by atoms with Crippen molar-refractivity contribution in [2.45, 2.75) is 19.4 Å². The minimum absolute atomic E-state index is 0.214. The molecule has 0 fully saturated rings. The number of aliphatic imine (C=N–C) groups is 1. The van der Waals surface area contributed by atoms with Gasteiger partial charge in [-0.2, -0.15) is 0 Å². The average molecular weight is 360 g/mol. The van der Waals surface area contributed by atoms with Crippen LogP contribution in [-0.2, 0) is 10.0 Å². The maximum Gasteiger partial charge on any atom is 0.208 e. The lowest BCUT2D eigenvalue weighted by atomic mass is 10.2. The molecule has 0 bridgehead atoms. The van der Waals surface area contributed by atoms with Crippen LogP contribution in [0.2, 0.25) is 0 Å². The van der Waals surface area contributed by atoms with Gasteiger partial charge < -0.3 is 15.4 Å². The zero-order valence-corrected chi connectivity index (χ0v) is 15.0. The summed E-state index contributed by atoms with van der Waals surface area (Å²) >= 11 is 0. The quantitative estimate of drug-likeness (QED) is 0.342. The molecule has 0 aliphatic rings. The van der Waals surface area contributed by atoms with Crippen molar-refractivity contribution in [1.29, 1.82) is 0 Å². The Bertz CT molecular complexity index is 637. The highest BCUT2D eigenvalue weighted by atomic mass is 32.2. The summed E-state index contributed by atoms with van der Waals surface area (Å²) in [5.74, 6) is 0.331. The van der Waals surface area contributed by atoms with Gasteiger partial charge in [-0.05, 0) is 18.6 Å². The van der Waals surface area contributed by atoms with Crippen LogP contribution in [0, 0.1) is 5.82 Å². The third kappa shape index (κ3) is 8.11. The highest BCUT2D eigenvalue weighted by Gasteiger charge is 2.12. The Morgan fingerprint density at radius 1 is 1.29 bits per heavy atom. The van der Waals surface area contributed by atoms with Gasteiger partial charge in [0, 0.05) is 20.1 Å². The summed E-state index contributed by atoms with van der Waals surface area (Å²) in [5.41, 5.74) is 0. The second-order valence-electron chi connectivity index (χ2n) is 5.12. The van der Waals surface area contributed by atoms with Crippen LogP contribution in [0.3, 0.4) is 0 Å². The van der Waals surface area contributed by atoms with Crippen molar-refractivity contribution in [3.63, 3.8) is 0 Å². The molecule has 0 aromatic heterocycles. The summed E-state index contributed by atoms with van der Waals surface area (Å²) in [7, 11) is -1.59. The van der Waals surface area contributed by atoms with Crippen molar-refractivity contribution >= 4 is 16.0 Å². The summed E-state index contributed by atoms with van der Waals surface area (Å²) in [6.45, 7) is 3.02. The van der Waals surface area contributed by atoms with Crippen molar-refractivity contribution in [3.05, 3.63) is 30.1 Å². The molecule has 1 aromatic carbocycles. The molecule has 9 heteroatoms. The van der Waals surface area contributed by atoms with Crippen LogP contribution in [0.1, 0.15) is 13.3 Å². The predicted molar refractivity (Wildman–Crippen MR) is 93.3 cm³/mol. The molecule has 0 radical (unpaired) electrons.